The molecule has 0 bridgehead atoms. The van der Waals surface area contributed by atoms with Crippen molar-refractivity contribution >= 4 is 17.5 Å². The molecule has 0 amide bonds. The minimum Gasteiger partial charge on any atom is -0.306 e. The summed E-state index contributed by atoms with van der Waals surface area (Å²) in [5.74, 6) is 1.49. The fraction of sp³-hybridized carbons (Fsp3) is 0.318. The zero-order valence-electron chi connectivity index (χ0n) is 15.5. The highest BCUT2D eigenvalue weighted by atomic mass is 32.2. The van der Waals surface area contributed by atoms with E-state index >= 15 is 0 Å². The molecular formula is C22H23N3OS. The number of ketones is 1. The van der Waals surface area contributed by atoms with E-state index in [1.54, 1.807) is 0 Å². The molecule has 0 saturated carbocycles. The lowest BCUT2D eigenvalue weighted by atomic mass is 10.0. The predicted molar refractivity (Wildman–Crippen MR) is 108 cm³/mol. The van der Waals surface area contributed by atoms with Crippen molar-refractivity contribution in [1.82, 2.24) is 14.8 Å². The number of thioether (sulfide) groups is 1. The quantitative estimate of drug-likeness (QED) is 0.454. The van der Waals surface area contributed by atoms with Crippen LogP contribution in [0.25, 0.3) is 0 Å². The van der Waals surface area contributed by atoms with Crippen LogP contribution in [-0.2, 0) is 25.8 Å². The Morgan fingerprint density at radius 1 is 1.07 bits per heavy atom. The van der Waals surface area contributed by atoms with E-state index in [0.717, 1.165) is 42.4 Å². The standard InChI is InChI=1S/C22H23N3OS/c1-2-25-21(13-16-7-4-3-5-8-16)23-24-22(25)27-15-20(26)19-12-11-17-9-6-10-18(17)14-19/h3-5,7-8,11-12,14H,2,6,9-10,13,15H2,1H3. The molecule has 5 heteroatoms. The van der Waals surface area contributed by atoms with Gasteiger partial charge in [-0.25, -0.2) is 0 Å². The van der Waals surface area contributed by atoms with Crippen LogP contribution in [0.3, 0.4) is 0 Å². The zero-order valence-corrected chi connectivity index (χ0v) is 16.3. The van der Waals surface area contributed by atoms with Crippen LogP contribution in [-0.4, -0.2) is 26.3 Å². The number of nitrogens with zero attached hydrogens (tertiary/aromatic N) is 3. The van der Waals surface area contributed by atoms with Crippen molar-refractivity contribution in [3.05, 3.63) is 76.6 Å². The van der Waals surface area contributed by atoms with E-state index in [1.165, 1.54) is 34.9 Å². The summed E-state index contributed by atoms with van der Waals surface area (Å²) in [7, 11) is 0. The number of aryl methyl sites for hydroxylation is 2. The third-order valence-corrected chi connectivity index (χ3v) is 6.03. The highest BCUT2D eigenvalue weighted by Crippen LogP contribution is 2.25. The maximum Gasteiger partial charge on any atom is 0.191 e. The van der Waals surface area contributed by atoms with E-state index < -0.39 is 0 Å². The van der Waals surface area contributed by atoms with Gasteiger partial charge >= 0.3 is 0 Å². The molecule has 4 nitrogen and oxygen atoms in total. The second-order valence-corrected chi connectivity index (χ2v) is 7.80. The van der Waals surface area contributed by atoms with Crippen LogP contribution in [0.4, 0.5) is 0 Å². The molecule has 3 aromatic rings. The number of Topliss-reactive ketones (excluding diaryl/α,β-unsaturated/α-hetero) is 1. The van der Waals surface area contributed by atoms with Crippen molar-refractivity contribution in [1.29, 1.82) is 0 Å². The van der Waals surface area contributed by atoms with Crippen LogP contribution in [0.2, 0.25) is 0 Å². The van der Waals surface area contributed by atoms with E-state index in [2.05, 4.69) is 46.0 Å². The summed E-state index contributed by atoms with van der Waals surface area (Å²) >= 11 is 1.48. The summed E-state index contributed by atoms with van der Waals surface area (Å²) in [5.41, 5.74) is 4.77. The Bertz CT molecular complexity index is 949. The number of fused-ring (bicyclic) bond motifs is 1. The third-order valence-electron chi connectivity index (χ3n) is 5.07. The van der Waals surface area contributed by atoms with Gasteiger partial charge < -0.3 is 4.57 Å². The number of rotatable bonds is 7. The van der Waals surface area contributed by atoms with Crippen LogP contribution < -0.4 is 0 Å². The number of hydrogen-bond donors (Lipinski definition) is 0. The third kappa shape index (κ3) is 3.98. The van der Waals surface area contributed by atoms with Gasteiger partial charge in [-0.2, -0.15) is 0 Å². The molecule has 1 heterocycles. The van der Waals surface area contributed by atoms with Gasteiger partial charge in [0.2, 0.25) is 0 Å². The van der Waals surface area contributed by atoms with Crippen LogP contribution in [0.5, 0.6) is 0 Å². The average molecular weight is 378 g/mol. The van der Waals surface area contributed by atoms with Crippen molar-refractivity contribution < 1.29 is 4.79 Å². The monoisotopic (exact) mass is 377 g/mol. The predicted octanol–water partition coefficient (Wildman–Crippen LogP) is 4.35. The van der Waals surface area contributed by atoms with Crippen molar-refractivity contribution in [3.8, 4) is 0 Å². The molecule has 0 atom stereocenters. The highest BCUT2D eigenvalue weighted by molar-refractivity contribution is 7.99. The average Bonchev–Trinajstić information content (AvgIpc) is 3.32. The second kappa shape index (κ2) is 8.09. The number of hydrogen-bond acceptors (Lipinski definition) is 4. The van der Waals surface area contributed by atoms with Gasteiger partial charge in [0.1, 0.15) is 5.82 Å². The Labute approximate surface area is 164 Å². The Morgan fingerprint density at radius 3 is 2.70 bits per heavy atom. The fourth-order valence-electron chi connectivity index (χ4n) is 3.61. The molecule has 0 fully saturated rings. The minimum absolute atomic E-state index is 0.157. The topological polar surface area (TPSA) is 47.8 Å². The number of benzene rings is 2. The summed E-state index contributed by atoms with van der Waals surface area (Å²) in [5, 5.41) is 9.51. The number of carbonyl (C=O) groups excluding carboxylic acids is 1. The van der Waals surface area contributed by atoms with Crippen LogP contribution in [0.1, 0.15) is 46.2 Å². The lowest BCUT2D eigenvalue weighted by Crippen LogP contribution is -2.07. The largest absolute Gasteiger partial charge is 0.306 e. The van der Waals surface area contributed by atoms with E-state index in [9.17, 15) is 4.79 Å². The van der Waals surface area contributed by atoms with E-state index in [4.69, 9.17) is 0 Å². The van der Waals surface area contributed by atoms with Gasteiger partial charge in [0.05, 0.1) is 5.75 Å². The molecule has 1 aliphatic rings. The van der Waals surface area contributed by atoms with E-state index in [0.29, 0.717) is 5.75 Å². The molecular weight excluding hydrogens is 354 g/mol. The van der Waals surface area contributed by atoms with Gasteiger partial charge in [-0.1, -0.05) is 54.2 Å². The molecule has 1 aliphatic carbocycles. The molecule has 138 valence electrons. The first-order valence-electron chi connectivity index (χ1n) is 9.48. The smallest absolute Gasteiger partial charge is 0.191 e. The maximum absolute atomic E-state index is 12.6. The molecule has 0 saturated heterocycles. The van der Waals surface area contributed by atoms with Gasteiger partial charge in [0, 0.05) is 18.5 Å². The minimum atomic E-state index is 0.157. The Balaban J connectivity index is 1.44. The summed E-state index contributed by atoms with van der Waals surface area (Å²) in [6.07, 6.45) is 4.19. The molecule has 27 heavy (non-hydrogen) atoms. The normalized spacial score (nSPS) is 12.9. The molecule has 0 spiro atoms. The molecule has 1 aromatic heterocycles. The first kappa shape index (κ1) is 18.0. The summed E-state index contributed by atoms with van der Waals surface area (Å²) in [4.78, 5) is 12.6. The van der Waals surface area contributed by atoms with Gasteiger partial charge in [-0.15, -0.1) is 10.2 Å². The summed E-state index contributed by atoms with van der Waals surface area (Å²) < 4.78 is 2.10. The van der Waals surface area contributed by atoms with Crippen LogP contribution in [0, 0.1) is 0 Å². The van der Waals surface area contributed by atoms with Crippen molar-refractivity contribution in [2.24, 2.45) is 0 Å². The summed E-state index contributed by atoms with van der Waals surface area (Å²) in [6, 6.07) is 16.4. The van der Waals surface area contributed by atoms with Gasteiger partial charge in [0.15, 0.2) is 10.9 Å². The Morgan fingerprint density at radius 2 is 1.89 bits per heavy atom. The van der Waals surface area contributed by atoms with Crippen molar-refractivity contribution in [3.63, 3.8) is 0 Å². The fourth-order valence-corrected chi connectivity index (χ4v) is 4.53. The summed E-state index contributed by atoms with van der Waals surface area (Å²) in [6.45, 7) is 2.88. The van der Waals surface area contributed by atoms with E-state index in [1.807, 2.05) is 24.3 Å². The molecule has 0 radical (unpaired) electrons. The Hall–Kier alpha value is -2.40. The lowest BCUT2D eigenvalue weighted by Gasteiger charge is -2.08. The molecule has 0 N–H and O–H groups in total. The van der Waals surface area contributed by atoms with Gasteiger partial charge in [-0.3, -0.25) is 4.79 Å². The number of carbonyl (C=O) groups is 1. The second-order valence-electron chi connectivity index (χ2n) is 6.85. The van der Waals surface area contributed by atoms with Crippen molar-refractivity contribution in [2.75, 3.05) is 5.75 Å². The van der Waals surface area contributed by atoms with Crippen molar-refractivity contribution in [2.45, 2.75) is 44.3 Å². The van der Waals surface area contributed by atoms with Gasteiger partial charge in [0.25, 0.3) is 0 Å². The Kier molecular flexibility index (Phi) is 5.39. The maximum atomic E-state index is 12.6. The van der Waals surface area contributed by atoms with Crippen LogP contribution >= 0.6 is 11.8 Å². The molecule has 4 rings (SSSR count). The lowest BCUT2D eigenvalue weighted by molar-refractivity contribution is 0.102. The first-order chi connectivity index (χ1) is 13.2. The molecule has 0 aliphatic heterocycles. The van der Waals surface area contributed by atoms with Gasteiger partial charge in [-0.05, 0) is 48.9 Å². The van der Waals surface area contributed by atoms with Crippen LogP contribution in [0.15, 0.2) is 53.7 Å². The SMILES string of the molecule is CCn1c(Cc2ccccc2)nnc1SCC(=O)c1ccc2c(c1)CCC2. The first-order valence-corrected chi connectivity index (χ1v) is 10.5. The van der Waals surface area contributed by atoms with E-state index in [-0.39, 0.29) is 5.78 Å². The molecule has 2 aromatic carbocycles. The number of aromatic nitrogens is 3. The molecule has 0 unspecified atom stereocenters. The zero-order chi connectivity index (χ0) is 18.6. The highest BCUT2D eigenvalue weighted by Gasteiger charge is 2.16.